The number of hydrazone groups is 1. The molecule has 0 aromatic heterocycles. The maximum absolute atomic E-state index is 11.0. The molecule has 3 N–H and O–H groups in total. The van der Waals surface area contributed by atoms with Crippen LogP contribution in [-0.4, -0.2) is 26.7 Å². The van der Waals surface area contributed by atoms with Crippen molar-refractivity contribution in [2.75, 3.05) is 0 Å². The molecule has 1 aliphatic heterocycles. The van der Waals surface area contributed by atoms with Crippen LogP contribution in [0.5, 0.6) is 0 Å². The van der Waals surface area contributed by atoms with Gasteiger partial charge in [-0.2, -0.15) is 0 Å². The molecule has 3 atom stereocenters. The number of amides is 2. The first kappa shape index (κ1) is 14.6. The second-order valence-electron chi connectivity index (χ2n) is 5.75. The zero-order valence-corrected chi connectivity index (χ0v) is 13.7. The van der Waals surface area contributed by atoms with E-state index >= 15 is 0 Å². The number of rotatable bonds is 2. The van der Waals surface area contributed by atoms with E-state index in [0.29, 0.717) is 25.7 Å². The number of hydrogen-bond donors (Lipinski definition) is 2. The number of primary amides is 1. The summed E-state index contributed by atoms with van der Waals surface area (Å²) in [4.78, 5) is 12.3. The molecule has 2 fully saturated rings. The van der Waals surface area contributed by atoms with E-state index < -0.39 is 6.03 Å². The summed E-state index contributed by atoms with van der Waals surface area (Å²) >= 11 is 0.609. The van der Waals surface area contributed by atoms with Crippen LogP contribution in [0, 0.1) is 5.92 Å². The van der Waals surface area contributed by atoms with Crippen LogP contribution in [0.3, 0.4) is 0 Å². The minimum atomic E-state index is -0.567. The Hall–Kier alpha value is -1.32. The summed E-state index contributed by atoms with van der Waals surface area (Å²) in [5, 5.41) is 4.34. The molecule has 2 amide bonds. The van der Waals surface area contributed by atoms with Crippen molar-refractivity contribution in [3.8, 4) is 0 Å². The zero-order valence-electron chi connectivity index (χ0n) is 12.0. The molecule has 0 spiro atoms. The van der Waals surface area contributed by atoms with Gasteiger partial charge in [0.15, 0.2) is 0 Å². The average molecular weight is 350 g/mol. The molecule has 5 heteroatoms. The SMILES string of the molecule is NC(=O)N/N=C1\C[C@@H](c2ccccc2)[Se][C@H]2CCCC[C@@H]12. The summed E-state index contributed by atoms with van der Waals surface area (Å²) in [5.74, 6) is 0.561. The Morgan fingerprint density at radius 1 is 1.24 bits per heavy atom. The first-order valence-corrected chi connectivity index (χ1v) is 9.54. The van der Waals surface area contributed by atoms with E-state index in [1.54, 1.807) is 0 Å². The molecular formula is C16H21N3OSe. The van der Waals surface area contributed by atoms with Gasteiger partial charge in [-0.05, 0) is 0 Å². The Kier molecular flexibility index (Phi) is 4.61. The number of fused-ring (bicyclic) bond motifs is 1. The molecule has 1 aromatic carbocycles. The van der Waals surface area contributed by atoms with Crippen molar-refractivity contribution in [2.45, 2.75) is 41.7 Å². The van der Waals surface area contributed by atoms with E-state index in [1.165, 1.54) is 31.2 Å². The van der Waals surface area contributed by atoms with Crippen LogP contribution < -0.4 is 11.2 Å². The first-order valence-electron chi connectivity index (χ1n) is 7.56. The van der Waals surface area contributed by atoms with E-state index in [2.05, 4.69) is 40.9 Å². The average Bonchev–Trinajstić information content (AvgIpc) is 2.53. The molecule has 0 radical (unpaired) electrons. The van der Waals surface area contributed by atoms with Gasteiger partial charge in [0.25, 0.3) is 0 Å². The number of urea groups is 1. The molecule has 1 saturated heterocycles. The van der Waals surface area contributed by atoms with Crippen molar-refractivity contribution >= 4 is 26.7 Å². The van der Waals surface area contributed by atoms with Gasteiger partial charge in [0.2, 0.25) is 0 Å². The van der Waals surface area contributed by atoms with E-state index in [-0.39, 0.29) is 0 Å². The van der Waals surface area contributed by atoms with Crippen LogP contribution in [-0.2, 0) is 0 Å². The molecular weight excluding hydrogens is 329 g/mol. The van der Waals surface area contributed by atoms with Crippen molar-refractivity contribution in [1.82, 2.24) is 5.43 Å². The van der Waals surface area contributed by atoms with E-state index in [0.717, 1.165) is 16.9 Å². The Morgan fingerprint density at radius 3 is 2.76 bits per heavy atom. The van der Waals surface area contributed by atoms with Crippen LogP contribution in [0.4, 0.5) is 4.79 Å². The third-order valence-corrected chi connectivity index (χ3v) is 7.87. The molecule has 21 heavy (non-hydrogen) atoms. The molecule has 112 valence electrons. The normalized spacial score (nSPS) is 30.7. The fourth-order valence-corrected chi connectivity index (χ4v) is 7.11. The molecule has 3 rings (SSSR count). The Morgan fingerprint density at radius 2 is 2.00 bits per heavy atom. The summed E-state index contributed by atoms with van der Waals surface area (Å²) in [6, 6.07) is 10.1. The minimum absolute atomic E-state index is 0.561. The standard InChI is InChI=1S/C16H21N3OSe/c17-16(20)19-18-13-10-15(11-6-2-1-3-7-11)21-14-9-5-4-8-12(13)14/h1-3,6-7,12,14-15H,4-5,8-10H2,(H3,17,19,20)/b18-13+/t12-,14-,15-/m0/s1. The van der Waals surface area contributed by atoms with E-state index in [1.807, 2.05) is 0 Å². The van der Waals surface area contributed by atoms with Crippen LogP contribution in [0.15, 0.2) is 35.4 Å². The molecule has 1 aromatic rings. The fraction of sp³-hybridized carbons (Fsp3) is 0.500. The second-order valence-corrected chi connectivity index (χ2v) is 8.78. The fourth-order valence-electron chi connectivity index (χ4n) is 3.36. The van der Waals surface area contributed by atoms with Gasteiger partial charge in [0.05, 0.1) is 0 Å². The van der Waals surface area contributed by atoms with Crippen molar-refractivity contribution in [3.05, 3.63) is 35.9 Å². The Labute approximate surface area is 131 Å². The third kappa shape index (κ3) is 3.47. The van der Waals surface area contributed by atoms with Gasteiger partial charge in [-0.3, -0.25) is 0 Å². The van der Waals surface area contributed by atoms with Crippen LogP contribution in [0.25, 0.3) is 0 Å². The zero-order chi connectivity index (χ0) is 14.7. The van der Waals surface area contributed by atoms with E-state index in [9.17, 15) is 4.79 Å². The summed E-state index contributed by atoms with van der Waals surface area (Å²) < 4.78 is 0. The van der Waals surface area contributed by atoms with Crippen LogP contribution >= 0.6 is 0 Å². The van der Waals surface area contributed by atoms with Crippen LogP contribution in [0.2, 0.25) is 4.82 Å². The summed E-state index contributed by atoms with van der Waals surface area (Å²) in [7, 11) is 0. The number of carbonyl (C=O) groups excluding carboxylic acids is 1. The Balaban J connectivity index is 1.83. The van der Waals surface area contributed by atoms with Gasteiger partial charge in [0, 0.05) is 0 Å². The number of nitrogens with one attached hydrogen (secondary N) is 1. The topological polar surface area (TPSA) is 67.5 Å². The summed E-state index contributed by atoms with van der Waals surface area (Å²) in [5.41, 5.74) is 10.2. The molecule has 1 aliphatic carbocycles. The summed E-state index contributed by atoms with van der Waals surface area (Å²) in [6.45, 7) is 0. The van der Waals surface area contributed by atoms with Gasteiger partial charge in [0.1, 0.15) is 0 Å². The van der Waals surface area contributed by atoms with Crippen molar-refractivity contribution in [3.63, 3.8) is 0 Å². The quantitative estimate of drug-likeness (QED) is 0.625. The molecule has 4 nitrogen and oxygen atoms in total. The van der Waals surface area contributed by atoms with E-state index in [4.69, 9.17) is 5.73 Å². The third-order valence-electron chi connectivity index (χ3n) is 4.35. The van der Waals surface area contributed by atoms with Crippen molar-refractivity contribution in [2.24, 2.45) is 16.8 Å². The maximum atomic E-state index is 11.0. The molecule has 1 heterocycles. The molecule has 2 aliphatic rings. The summed E-state index contributed by atoms with van der Waals surface area (Å²) in [6.07, 6.45) is 6.10. The number of hydrogen-bond acceptors (Lipinski definition) is 2. The van der Waals surface area contributed by atoms with Crippen molar-refractivity contribution in [1.29, 1.82) is 0 Å². The Bertz CT molecular complexity index is 532. The van der Waals surface area contributed by atoms with Gasteiger partial charge >= 0.3 is 131 Å². The number of carbonyl (C=O) groups is 1. The number of benzene rings is 1. The van der Waals surface area contributed by atoms with Gasteiger partial charge in [-0.15, -0.1) is 0 Å². The van der Waals surface area contributed by atoms with Gasteiger partial charge < -0.3 is 0 Å². The van der Waals surface area contributed by atoms with Crippen LogP contribution in [0.1, 0.15) is 42.5 Å². The predicted molar refractivity (Wildman–Crippen MR) is 85.4 cm³/mol. The number of nitrogens with two attached hydrogens (primary N) is 1. The predicted octanol–water partition coefficient (Wildman–Crippen LogP) is 2.84. The second kappa shape index (κ2) is 6.63. The molecule has 0 unspecified atom stereocenters. The molecule has 1 saturated carbocycles. The van der Waals surface area contributed by atoms with Gasteiger partial charge in [-0.25, -0.2) is 0 Å². The number of nitrogens with zero attached hydrogens (tertiary/aromatic N) is 1. The van der Waals surface area contributed by atoms with Crippen molar-refractivity contribution < 1.29 is 4.79 Å². The molecule has 0 bridgehead atoms. The van der Waals surface area contributed by atoms with Gasteiger partial charge in [-0.1, -0.05) is 0 Å². The first-order chi connectivity index (χ1) is 10.2. The monoisotopic (exact) mass is 351 g/mol.